The summed E-state index contributed by atoms with van der Waals surface area (Å²) < 4.78 is 5.03. The number of likely N-dealkylation sites (N-methyl/N-ethyl adjacent to an activating group) is 1. The second-order valence-electron chi connectivity index (χ2n) is 4.58. The smallest absolute Gasteiger partial charge is 0.320 e. The first kappa shape index (κ1) is 13.5. The molecular weight excluding hydrogens is 204 g/mol. The van der Waals surface area contributed by atoms with E-state index in [0.717, 1.165) is 25.7 Å². The van der Waals surface area contributed by atoms with Crippen molar-refractivity contribution in [3.63, 3.8) is 0 Å². The monoisotopic (exact) mass is 228 g/mol. The largest absolute Gasteiger partial charge is 0.462 e. The van der Waals surface area contributed by atoms with Crippen LogP contribution in [0.5, 0.6) is 0 Å². The summed E-state index contributed by atoms with van der Waals surface area (Å²) in [7, 11) is 0. The summed E-state index contributed by atoms with van der Waals surface area (Å²) in [4.78, 5) is 13.7. The van der Waals surface area contributed by atoms with Gasteiger partial charge in [0.1, 0.15) is 0 Å². The number of esters is 1. The van der Waals surface area contributed by atoms with Crippen molar-refractivity contribution in [1.29, 1.82) is 0 Å². The highest BCUT2D eigenvalue weighted by Crippen LogP contribution is 2.25. The molecule has 1 fully saturated rings. The fraction of sp³-hybridized carbons (Fsp3) is 0.917. The fourth-order valence-corrected chi connectivity index (χ4v) is 1.76. The first-order valence-electron chi connectivity index (χ1n) is 6.27. The predicted molar refractivity (Wildman–Crippen MR) is 64.4 cm³/mol. The van der Waals surface area contributed by atoms with Crippen LogP contribution in [0.2, 0.25) is 0 Å². The Hall–Kier alpha value is -0.610. The zero-order chi connectivity index (χ0) is 12.0. The van der Waals surface area contributed by atoms with Crippen molar-refractivity contribution in [1.82, 2.24) is 10.2 Å². The van der Waals surface area contributed by atoms with Gasteiger partial charge < -0.3 is 10.1 Å². The zero-order valence-electron chi connectivity index (χ0n) is 10.7. The topological polar surface area (TPSA) is 41.6 Å². The Labute approximate surface area is 98.3 Å². The average Bonchev–Trinajstić information content (AvgIpc) is 3.00. The Morgan fingerprint density at radius 1 is 1.50 bits per heavy atom. The molecule has 0 aromatic rings. The number of rotatable bonds is 8. The third-order valence-corrected chi connectivity index (χ3v) is 2.68. The minimum atomic E-state index is -0.163. The minimum Gasteiger partial charge on any atom is -0.462 e. The Morgan fingerprint density at radius 2 is 2.19 bits per heavy atom. The number of carbonyl (C=O) groups excluding carboxylic acids is 1. The molecule has 94 valence electrons. The maximum atomic E-state index is 11.2. The molecule has 1 saturated carbocycles. The van der Waals surface area contributed by atoms with E-state index in [4.69, 9.17) is 4.74 Å². The average molecular weight is 228 g/mol. The lowest BCUT2D eigenvalue weighted by atomic mass is 10.4. The molecule has 0 saturated heterocycles. The number of carbonyl (C=O) groups is 1. The minimum absolute atomic E-state index is 0.0205. The van der Waals surface area contributed by atoms with E-state index < -0.39 is 0 Å². The molecule has 1 rings (SSSR count). The first-order valence-corrected chi connectivity index (χ1v) is 6.27. The summed E-state index contributed by atoms with van der Waals surface area (Å²) in [5, 5.41) is 3.12. The van der Waals surface area contributed by atoms with Crippen LogP contribution < -0.4 is 5.32 Å². The SMILES string of the molecule is CCN(CCNCC(=O)OC(C)C)C1CC1. The molecule has 0 atom stereocenters. The lowest BCUT2D eigenvalue weighted by molar-refractivity contribution is -0.146. The molecular formula is C12H24N2O2. The quantitative estimate of drug-likeness (QED) is 0.497. The van der Waals surface area contributed by atoms with Crippen LogP contribution in [-0.2, 0) is 9.53 Å². The summed E-state index contributed by atoms with van der Waals surface area (Å²) in [6, 6.07) is 0.800. The number of hydrogen-bond acceptors (Lipinski definition) is 4. The van der Waals surface area contributed by atoms with E-state index in [1.165, 1.54) is 12.8 Å². The van der Waals surface area contributed by atoms with Gasteiger partial charge in [0.15, 0.2) is 0 Å². The Bertz CT molecular complexity index is 215. The zero-order valence-corrected chi connectivity index (χ0v) is 10.7. The van der Waals surface area contributed by atoms with E-state index in [9.17, 15) is 4.79 Å². The van der Waals surface area contributed by atoms with Gasteiger partial charge in [0, 0.05) is 19.1 Å². The van der Waals surface area contributed by atoms with Crippen molar-refractivity contribution in [3.8, 4) is 0 Å². The number of hydrogen-bond donors (Lipinski definition) is 1. The lowest BCUT2D eigenvalue weighted by Crippen LogP contribution is -2.36. The predicted octanol–water partition coefficient (Wildman–Crippen LogP) is 1.01. The van der Waals surface area contributed by atoms with E-state index >= 15 is 0 Å². The molecule has 1 N–H and O–H groups in total. The molecule has 0 bridgehead atoms. The van der Waals surface area contributed by atoms with Gasteiger partial charge in [-0.1, -0.05) is 6.92 Å². The Kier molecular flexibility index (Phi) is 5.77. The van der Waals surface area contributed by atoms with E-state index in [-0.39, 0.29) is 12.1 Å². The van der Waals surface area contributed by atoms with Crippen LogP contribution in [0, 0.1) is 0 Å². The highest BCUT2D eigenvalue weighted by molar-refractivity contribution is 5.71. The normalized spacial score (nSPS) is 15.8. The summed E-state index contributed by atoms with van der Waals surface area (Å²) in [6.45, 7) is 9.22. The summed E-state index contributed by atoms with van der Waals surface area (Å²) in [5.41, 5.74) is 0. The molecule has 16 heavy (non-hydrogen) atoms. The van der Waals surface area contributed by atoms with Gasteiger partial charge in [-0.3, -0.25) is 9.69 Å². The van der Waals surface area contributed by atoms with Crippen LogP contribution in [0.25, 0.3) is 0 Å². The maximum Gasteiger partial charge on any atom is 0.320 e. The lowest BCUT2D eigenvalue weighted by Gasteiger charge is -2.19. The summed E-state index contributed by atoms with van der Waals surface area (Å²) >= 11 is 0. The van der Waals surface area contributed by atoms with Gasteiger partial charge in [-0.05, 0) is 33.2 Å². The molecule has 0 spiro atoms. The molecule has 0 aromatic carbocycles. The molecule has 0 radical (unpaired) electrons. The second-order valence-corrected chi connectivity index (χ2v) is 4.58. The van der Waals surface area contributed by atoms with Crippen LogP contribution in [0.3, 0.4) is 0 Å². The van der Waals surface area contributed by atoms with Crippen LogP contribution in [0.1, 0.15) is 33.6 Å². The van der Waals surface area contributed by atoms with E-state index in [1.807, 2.05) is 13.8 Å². The third-order valence-electron chi connectivity index (χ3n) is 2.68. The van der Waals surface area contributed by atoms with Crippen molar-refractivity contribution in [2.24, 2.45) is 0 Å². The van der Waals surface area contributed by atoms with E-state index in [0.29, 0.717) is 6.54 Å². The second kappa shape index (κ2) is 6.86. The molecule has 1 aliphatic carbocycles. The van der Waals surface area contributed by atoms with Gasteiger partial charge in [-0.15, -0.1) is 0 Å². The fourth-order valence-electron chi connectivity index (χ4n) is 1.76. The van der Waals surface area contributed by atoms with Gasteiger partial charge in [0.2, 0.25) is 0 Å². The van der Waals surface area contributed by atoms with Gasteiger partial charge in [0.05, 0.1) is 12.6 Å². The number of nitrogens with zero attached hydrogens (tertiary/aromatic N) is 1. The van der Waals surface area contributed by atoms with Gasteiger partial charge >= 0.3 is 5.97 Å². The standard InChI is InChI=1S/C12H24N2O2/c1-4-14(11-5-6-11)8-7-13-9-12(15)16-10(2)3/h10-11,13H,4-9H2,1-3H3. The molecule has 0 heterocycles. The molecule has 4 heteroatoms. The summed E-state index contributed by atoms with van der Waals surface area (Å²) in [6.07, 6.45) is 2.65. The molecule has 1 aliphatic rings. The Morgan fingerprint density at radius 3 is 2.69 bits per heavy atom. The third kappa shape index (κ3) is 5.47. The molecule has 0 amide bonds. The van der Waals surface area contributed by atoms with Crippen LogP contribution in [0.15, 0.2) is 0 Å². The molecule has 0 aromatic heterocycles. The van der Waals surface area contributed by atoms with Crippen LogP contribution in [0.4, 0.5) is 0 Å². The number of nitrogens with one attached hydrogen (secondary N) is 1. The van der Waals surface area contributed by atoms with Crippen molar-refractivity contribution < 1.29 is 9.53 Å². The number of ether oxygens (including phenoxy) is 1. The van der Waals surface area contributed by atoms with Gasteiger partial charge in [-0.2, -0.15) is 0 Å². The highest BCUT2D eigenvalue weighted by Gasteiger charge is 2.26. The van der Waals surface area contributed by atoms with Crippen molar-refractivity contribution >= 4 is 5.97 Å². The van der Waals surface area contributed by atoms with E-state index in [1.54, 1.807) is 0 Å². The van der Waals surface area contributed by atoms with Crippen LogP contribution in [-0.4, -0.2) is 49.2 Å². The summed E-state index contributed by atoms with van der Waals surface area (Å²) in [5.74, 6) is -0.163. The first-order chi connectivity index (χ1) is 7.63. The van der Waals surface area contributed by atoms with Crippen molar-refractivity contribution in [2.45, 2.75) is 45.8 Å². The Balaban J connectivity index is 2.00. The van der Waals surface area contributed by atoms with Crippen LogP contribution >= 0.6 is 0 Å². The molecule has 4 nitrogen and oxygen atoms in total. The molecule has 0 unspecified atom stereocenters. The van der Waals surface area contributed by atoms with Gasteiger partial charge in [-0.25, -0.2) is 0 Å². The highest BCUT2D eigenvalue weighted by atomic mass is 16.5. The van der Waals surface area contributed by atoms with E-state index in [2.05, 4.69) is 17.1 Å². The maximum absolute atomic E-state index is 11.2. The molecule has 0 aliphatic heterocycles. The van der Waals surface area contributed by atoms with Crippen molar-refractivity contribution in [2.75, 3.05) is 26.2 Å². The van der Waals surface area contributed by atoms with Gasteiger partial charge in [0.25, 0.3) is 0 Å². The van der Waals surface area contributed by atoms with Crippen molar-refractivity contribution in [3.05, 3.63) is 0 Å².